The maximum absolute atomic E-state index is 3.62. The summed E-state index contributed by atoms with van der Waals surface area (Å²) in [4.78, 5) is 3.43. The van der Waals surface area contributed by atoms with Crippen LogP contribution in [0, 0.1) is 5.41 Å². The summed E-state index contributed by atoms with van der Waals surface area (Å²) in [5.74, 6) is 0.737. The molecule has 2 aromatic rings. The molecule has 1 saturated carbocycles. The van der Waals surface area contributed by atoms with E-state index in [1.54, 1.807) is 0 Å². The Balaban J connectivity index is 1.94. The zero-order valence-electron chi connectivity index (χ0n) is 11.1. The molecule has 2 heteroatoms. The zero-order valence-corrected chi connectivity index (χ0v) is 12.7. The van der Waals surface area contributed by atoms with Crippen molar-refractivity contribution in [3.63, 3.8) is 0 Å². The quantitative estimate of drug-likeness (QED) is 0.704. The minimum absolute atomic E-state index is 0.545. The summed E-state index contributed by atoms with van der Waals surface area (Å²) in [6.07, 6.45) is 7.56. The van der Waals surface area contributed by atoms with Gasteiger partial charge in [0.2, 0.25) is 0 Å². The highest BCUT2D eigenvalue weighted by atomic mass is 79.9. The summed E-state index contributed by atoms with van der Waals surface area (Å²) in [5.41, 5.74) is 3.31. The predicted octanol–water partition coefficient (Wildman–Crippen LogP) is 5.61. The first-order valence-corrected chi connectivity index (χ1v) is 7.62. The van der Waals surface area contributed by atoms with Crippen molar-refractivity contribution in [3.05, 3.63) is 34.4 Å². The van der Waals surface area contributed by atoms with Crippen molar-refractivity contribution in [1.29, 1.82) is 0 Å². The van der Waals surface area contributed by atoms with Gasteiger partial charge >= 0.3 is 0 Å². The number of H-pyrrole nitrogens is 1. The largest absolute Gasteiger partial charge is 0.360 e. The highest BCUT2D eigenvalue weighted by Gasteiger charge is 2.28. The molecule has 1 nitrogen and oxygen atoms in total. The summed E-state index contributed by atoms with van der Waals surface area (Å²) in [6, 6.07) is 6.48. The molecule has 0 atom stereocenters. The second-order valence-electron chi connectivity index (χ2n) is 6.34. The van der Waals surface area contributed by atoms with Crippen molar-refractivity contribution in [2.75, 3.05) is 0 Å². The molecule has 1 heterocycles. The molecule has 0 spiro atoms. The minimum atomic E-state index is 0.545. The maximum atomic E-state index is 3.62. The number of fused-ring (bicyclic) bond motifs is 1. The molecule has 0 bridgehead atoms. The van der Waals surface area contributed by atoms with Gasteiger partial charge in [-0.2, -0.15) is 0 Å². The Labute approximate surface area is 117 Å². The van der Waals surface area contributed by atoms with Crippen molar-refractivity contribution in [3.8, 4) is 0 Å². The van der Waals surface area contributed by atoms with E-state index in [1.165, 1.54) is 46.6 Å². The normalized spacial score (nSPS) is 20.4. The highest BCUT2D eigenvalue weighted by Crippen LogP contribution is 2.44. The van der Waals surface area contributed by atoms with E-state index in [2.05, 4.69) is 59.2 Å². The molecule has 0 aliphatic heterocycles. The Morgan fingerprint density at radius 2 is 1.94 bits per heavy atom. The second kappa shape index (κ2) is 4.41. The monoisotopic (exact) mass is 305 g/mol. The molecule has 0 amide bonds. The van der Waals surface area contributed by atoms with E-state index < -0.39 is 0 Å². The molecule has 0 unspecified atom stereocenters. The lowest BCUT2D eigenvalue weighted by atomic mass is 9.71. The van der Waals surface area contributed by atoms with Gasteiger partial charge < -0.3 is 4.98 Å². The van der Waals surface area contributed by atoms with Gasteiger partial charge in [0.25, 0.3) is 0 Å². The molecule has 0 saturated heterocycles. The van der Waals surface area contributed by atoms with Gasteiger partial charge in [0.1, 0.15) is 0 Å². The number of hydrogen-bond donors (Lipinski definition) is 1. The number of benzene rings is 1. The van der Waals surface area contributed by atoms with Gasteiger partial charge in [0, 0.05) is 16.1 Å². The number of aromatic nitrogens is 1. The Morgan fingerprint density at radius 3 is 2.67 bits per heavy atom. The van der Waals surface area contributed by atoms with E-state index in [0.717, 1.165) is 5.92 Å². The molecule has 3 rings (SSSR count). The van der Waals surface area contributed by atoms with Crippen LogP contribution in [0.3, 0.4) is 0 Å². The smallest absolute Gasteiger partial charge is 0.0601 e. The van der Waals surface area contributed by atoms with Crippen LogP contribution in [-0.2, 0) is 0 Å². The molecule has 1 aromatic heterocycles. The number of nitrogens with one attached hydrogen (secondary N) is 1. The van der Waals surface area contributed by atoms with Crippen LogP contribution in [0.15, 0.2) is 28.9 Å². The van der Waals surface area contributed by atoms with E-state index in [4.69, 9.17) is 0 Å². The first-order chi connectivity index (χ1) is 8.57. The molecular formula is C16H20BrN. The first-order valence-electron chi connectivity index (χ1n) is 6.82. The fraction of sp³-hybridized carbons (Fsp3) is 0.500. The molecule has 1 aliphatic carbocycles. The predicted molar refractivity (Wildman–Crippen MR) is 81.0 cm³/mol. The maximum Gasteiger partial charge on any atom is 0.0601 e. The van der Waals surface area contributed by atoms with E-state index in [9.17, 15) is 0 Å². The van der Waals surface area contributed by atoms with Crippen LogP contribution in [0.4, 0.5) is 0 Å². The van der Waals surface area contributed by atoms with Crippen LogP contribution in [0.25, 0.3) is 10.9 Å². The van der Waals surface area contributed by atoms with E-state index in [0.29, 0.717) is 5.41 Å². The van der Waals surface area contributed by atoms with E-state index >= 15 is 0 Å². The van der Waals surface area contributed by atoms with Crippen LogP contribution in [0.5, 0.6) is 0 Å². The van der Waals surface area contributed by atoms with E-state index in [-0.39, 0.29) is 0 Å². The molecule has 1 N–H and O–H groups in total. The molecular weight excluding hydrogens is 286 g/mol. The molecule has 0 radical (unpaired) electrons. The average molecular weight is 306 g/mol. The summed E-state index contributed by atoms with van der Waals surface area (Å²) in [7, 11) is 0. The van der Waals surface area contributed by atoms with Crippen LogP contribution in [-0.4, -0.2) is 4.98 Å². The number of aromatic amines is 1. The number of rotatable bonds is 1. The Bertz CT molecular complexity index is 557. The fourth-order valence-electron chi connectivity index (χ4n) is 3.19. The third-order valence-electron chi connectivity index (χ3n) is 4.48. The van der Waals surface area contributed by atoms with Crippen molar-refractivity contribution >= 4 is 26.8 Å². The molecule has 96 valence electrons. The summed E-state index contributed by atoms with van der Waals surface area (Å²) in [5, 5.41) is 1.40. The lowest BCUT2D eigenvalue weighted by Crippen LogP contribution is -2.20. The third kappa shape index (κ3) is 2.11. The summed E-state index contributed by atoms with van der Waals surface area (Å²) in [6.45, 7) is 4.80. The molecule has 1 aliphatic rings. The molecule has 18 heavy (non-hydrogen) atoms. The van der Waals surface area contributed by atoms with E-state index in [1.807, 2.05) is 0 Å². The Hall–Kier alpha value is -0.760. The van der Waals surface area contributed by atoms with Crippen LogP contribution in [0.2, 0.25) is 0 Å². The van der Waals surface area contributed by atoms with Crippen molar-refractivity contribution in [2.24, 2.45) is 5.41 Å². The van der Waals surface area contributed by atoms with Gasteiger partial charge in [-0.1, -0.05) is 26.0 Å². The SMILES string of the molecule is CC1(C)CCC(c2c[nH]c3c(Br)cccc23)CC1. The number of hydrogen-bond acceptors (Lipinski definition) is 0. The average Bonchev–Trinajstić information content (AvgIpc) is 2.74. The van der Waals surface area contributed by atoms with Crippen LogP contribution in [0.1, 0.15) is 51.0 Å². The zero-order chi connectivity index (χ0) is 12.8. The first kappa shape index (κ1) is 12.3. The van der Waals surface area contributed by atoms with Gasteiger partial charge in [-0.3, -0.25) is 0 Å². The Kier molecular flexibility index (Phi) is 3.01. The van der Waals surface area contributed by atoms with Crippen molar-refractivity contribution in [2.45, 2.75) is 45.4 Å². The lowest BCUT2D eigenvalue weighted by molar-refractivity contribution is 0.225. The van der Waals surface area contributed by atoms with Crippen molar-refractivity contribution in [1.82, 2.24) is 4.98 Å². The molecule has 1 aromatic carbocycles. The molecule has 1 fully saturated rings. The minimum Gasteiger partial charge on any atom is -0.360 e. The van der Waals surface area contributed by atoms with Gasteiger partial charge in [0.15, 0.2) is 0 Å². The highest BCUT2D eigenvalue weighted by molar-refractivity contribution is 9.10. The van der Waals surface area contributed by atoms with Gasteiger partial charge in [-0.15, -0.1) is 0 Å². The third-order valence-corrected chi connectivity index (χ3v) is 5.14. The standard InChI is InChI=1S/C16H20BrN/c1-16(2)8-6-11(7-9-16)13-10-18-15-12(13)4-3-5-14(15)17/h3-5,10-11,18H,6-9H2,1-2H3. The van der Waals surface area contributed by atoms with Gasteiger partial charge in [-0.05, 0) is 64.6 Å². The van der Waals surface area contributed by atoms with Crippen LogP contribution >= 0.6 is 15.9 Å². The Morgan fingerprint density at radius 1 is 1.22 bits per heavy atom. The fourth-order valence-corrected chi connectivity index (χ4v) is 3.67. The van der Waals surface area contributed by atoms with Crippen molar-refractivity contribution < 1.29 is 0 Å². The second-order valence-corrected chi connectivity index (χ2v) is 7.20. The number of para-hydroxylation sites is 1. The summed E-state index contributed by atoms with van der Waals surface area (Å²) < 4.78 is 1.17. The topological polar surface area (TPSA) is 15.8 Å². The van der Waals surface area contributed by atoms with Gasteiger partial charge in [-0.25, -0.2) is 0 Å². The van der Waals surface area contributed by atoms with Crippen LogP contribution < -0.4 is 0 Å². The van der Waals surface area contributed by atoms with Gasteiger partial charge in [0.05, 0.1) is 5.52 Å². The lowest BCUT2D eigenvalue weighted by Gasteiger charge is -2.34. The summed E-state index contributed by atoms with van der Waals surface area (Å²) >= 11 is 3.62. The number of halogens is 1.